The second kappa shape index (κ2) is 35.3. The number of ketones is 2. The molecule has 3 fully saturated rings. The van der Waals surface area contributed by atoms with Crippen molar-refractivity contribution in [3.05, 3.63) is 47.6 Å². The predicted molar refractivity (Wildman–Crippen MR) is 298 cm³/mol. The average Bonchev–Trinajstić information content (AvgIpc) is 3.45. The largest absolute Gasteiger partial charge is 0.460 e. The maximum absolute atomic E-state index is 14.6. The van der Waals surface area contributed by atoms with Gasteiger partial charge in [-0.05, 0) is 107 Å². The summed E-state index contributed by atoms with van der Waals surface area (Å²) >= 11 is 0. The number of piperidine rings is 1. The van der Waals surface area contributed by atoms with E-state index in [0.29, 0.717) is 104 Å². The van der Waals surface area contributed by atoms with E-state index in [-0.39, 0.29) is 55.9 Å². The first-order valence-electron chi connectivity index (χ1n) is 29.1. The highest BCUT2D eigenvalue weighted by Crippen LogP contribution is 2.38. The molecule has 1 saturated carbocycles. The number of aliphatic hydroxyl groups excluding tert-OH is 3. The molecule has 0 unspecified atom stereocenters. The summed E-state index contributed by atoms with van der Waals surface area (Å²) in [5.74, 6) is -8.30. The fourth-order valence-corrected chi connectivity index (χ4v) is 11.2. The number of Topliss-reactive ketones (excluding diaryl/α,β-unsaturated/α-hetero) is 2. The third-order valence-corrected chi connectivity index (χ3v) is 16.4. The molecule has 0 spiro atoms. The predicted octanol–water partition coefficient (Wildman–Crippen LogP) is 5.75. The van der Waals surface area contributed by atoms with E-state index >= 15 is 0 Å². The Morgan fingerprint density at radius 1 is 0.775 bits per heavy atom. The van der Waals surface area contributed by atoms with Crippen LogP contribution in [0, 0.1) is 35.5 Å². The molecule has 2 amide bonds. The van der Waals surface area contributed by atoms with Crippen molar-refractivity contribution in [1.82, 2.24) is 10.2 Å². The van der Waals surface area contributed by atoms with Crippen molar-refractivity contribution in [3.8, 4) is 0 Å². The van der Waals surface area contributed by atoms with Gasteiger partial charge in [-0.15, -0.1) is 0 Å². The number of rotatable bonds is 18. The van der Waals surface area contributed by atoms with E-state index < -0.39 is 108 Å². The van der Waals surface area contributed by atoms with E-state index in [0.717, 1.165) is 5.57 Å². The Hall–Kier alpha value is -3.93. The Labute approximate surface area is 475 Å². The van der Waals surface area contributed by atoms with Crippen LogP contribution in [0.3, 0.4) is 0 Å². The van der Waals surface area contributed by atoms with E-state index in [1.54, 1.807) is 55.1 Å². The van der Waals surface area contributed by atoms with Crippen LogP contribution < -0.4 is 5.32 Å². The molecule has 0 radical (unpaired) electrons. The molecule has 20 nitrogen and oxygen atoms in total. The average molecular weight is 1140 g/mol. The number of esters is 1. The van der Waals surface area contributed by atoms with Crippen molar-refractivity contribution in [2.45, 2.75) is 186 Å². The number of hydrogen-bond donors (Lipinski definition) is 5. The van der Waals surface area contributed by atoms with Crippen LogP contribution in [0.1, 0.15) is 126 Å². The first kappa shape index (κ1) is 68.6. The van der Waals surface area contributed by atoms with Crippen LogP contribution in [0.4, 0.5) is 4.79 Å². The molecule has 0 aromatic rings. The lowest BCUT2D eigenvalue weighted by Gasteiger charge is -2.43. The topological polar surface area (TPSA) is 265 Å². The number of nitrogens with one attached hydrogen (secondary N) is 1. The van der Waals surface area contributed by atoms with Crippen LogP contribution in [0.5, 0.6) is 0 Å². The van der Waals surface area contributed by atoms with Gasteiger partial charge in [0.1, 0.15) is 30.5 Å². The molecular formula is C60H98N2O18. The van der Waals surface area contributed by atoms with Crippen molar-refractivity contribution in [1.29, 1.82) is 0 Å². The second-order valence-electron chi connectivity index (χ2n) is 22.7. The number of hydrogen-bond acceptors (Lipinski definition) is 18. The summed E-state index contributed by atoms with van der Waals surface area (Å²) in [6.07, 6.45) is 8.01. The summed E-state index contributed by atoms with van der Waals surface area (Å²) in [6.45, 7) is 15.6. The summed E-state index contributed by atoms with van der Waals surface area (Å²) in [5.41, 5.74) is 1.14. The van der Waals surface area contributed by atoms with Gasteiger partial charge in [-0.25, -0.2) is 9.59 Å². The molecule has 80 heavy (non-hydrogen) atoms. The van der Waals surface area contributed by atoms with Crippen LogP contribution in [-0.2, 0) is 61.8 Å². The normalized spacial score (nSPS) is 35.9. The van der Waals surface area contributed by atoms with E-state index in [1.807, 2.05) is 51.2 Å². The lowest BCUT2D eigenvalue weighted by atomic mass is 9.78. The monoisotopic (exact) mass is 1130 g/mol. The summed E-state index contributed by atoms with van der Waals surface area (Å²) in [6, 6.07) is -1.17. The number of methoxy groups -OCH3 is 3. The smallest absolute Gasteiger partial charge is 0.407 e. The van der Waals surface area contributed by atoms with Gasteiger partial charge >= 0.3 is 12.1 Å². The van der Waals surface area contributed by atoms with Crippen LogP contribution in [0.15, 0.2) is 47.6 Å². The minimum absolute atomic E-state index is 0.0226. The Bertz CT molecular complexity index is 2050. The highest BCUT2D eigenvalue weighted by molar-refractivity contribution is 6.39. The molecule has 0 aromatic heterocycles. The molecule has 5 N–H and O–H groups in total. The van der Waals surface area contributed by atoms with Crippen molar-refractivity contribution in [3.63, 3.8) is 0 Å². The summed E-state index contributed by atoms with van der Waals surface area (Å²) in [4.78, 5) is 70.9. The standard InChI is InChI=1S/C60H98N2O18/c1-38-16-12-11-13-17-39(2)50(73-9)36-46-21-19-44(7)60(71,80-46)56(67)57(68)62-24-15-14-18-47(62)58(69)78-51(37-48(63)40(3)33-43(6)54(65)55(66)53(64)42(5)32-38)41(4)34-45-20-22-49(52(35-45)74-10)79-59(70)61-23-25-75-28-29-77-31-30-76-27-26-72-8/h11-13,16-17,33,38,40-42,44-52,54-55,63,65-66,71H,14-15,18-32,34-37H2,1-10H3,(H,61,70)/b13-11+,16-12+,39-17+,43-33+/t38-,40-,41-,42-,44-,45+,46+,47+,48-,49-,50+,51+,52-,54-,55+,60-/m1/s1. The fraction of sp³-hybridized carbons (Fsp3) is 0.783. The van der Waals surface area contributed by atoms with E-state index in [2.05, 4.69) is 5.32 Å². The third-order valence-electron chi connectivity index (χ3n) is 16.4. The second-order valence-corrected chi connectivity index (χ2v) is 22.7. The number of alkyl carbamates (subject to hydrolysis) is 1. The first-order chi connectivity index (χ1) is 38.1. The van der Waals surface area contributed by atoms with Crippen molar-refractivity contribution >= 4 is 29.5 Å². The molecule has 0 aromatic carbocycles. The van der Waals surface area contributed by atoms with Crippen LogP contribution in [0.2, 0.25) is 0 Å². The zero-order valence-corrected chi connectivity index (χ0v) is 49.4. The van der Waals surface area contributed by atoms with Gasteiger partial charge in [0.05, 0.1) is 70.7 Å². The first-order valence-corrected chi connectivity index (χ1v) is 29.1. The molecular weight excluding hydrogens is 1040 g/mol. The molecule has 4 aliphatic rings. The van der Waals surface area contributed by atoms with Gasteiger partial charge in [0, 0.05) is 65.0 Å². The quantitative estimate of drug-likeness (QED) is 0.0474. The lowest BCUT2D eigenvalue weighted by Crippen LogP contribution is -2.61. The van der Waals surface area contributed by atoms with E-state index in [1.165, 1.54) is 4.90 Å². The Balaban J connectivity index is 1.53. The third kappa shape index (κ3) is 21.4. The zero-order valence-electron chi connectivity index (χ0n) is 49.4. The number of carbonyl (C=O) groups excluding carboxylic acids is 5. The maximum Gasteiger partial charge on any atom is 0.407 e. The van der Waals surface area contributed by atoms with Gasteiger partial charge in [0.2, 0.25) is 5.79 Å². The van der Waals surface area contributed by atoms with Crippen LogP contribution in [-0.4, -0.2) is 196 Å². The molecule has 20 heteroatoms. The lowest BCUT2D eigenvalue weighted by molar-refractivity contribution is -0.265. The molecule has 3 aliphatic heterocycles. The van der Waals surface area contributed by atoms with Gasteiger partial charge in [0.15, 0.2) is 5.78 Å². The number of carbonyl (C=O) groups is 5. The Morgan fingerprint density at radius 3 is 2.14 bits per heavy atom. The van der Waals surface area contributed by atoms with Gasteiger partial charge < -0.3 is 73.3 Å². The minimum atomic E-state index is -2.46. The Kier molecular flexibility index (Phi) is 30.2. The minimum Gasteiger partial charge on any atom is -0.460 e. The number of allylic oxidation sites excluding steroid dienone is 5. The molecule has 3 heterocycles. The van der Waals surface area contributed by atoms with Crippen LogP contribution in [0.25, 0.3) is 0 Å². The van der Waals surface area contributed by atoms with E-state index in [4.69, 9.17) is 42.6 Å². The van der Waals surface area contributed by atoms with Gasteiger partial charge in [0.25, 0.3) is 11.7 Å². The molecule has 16 atom stereocenters. The molecule has 1 aliphatic carbocycles. The SMILES string of the molecule is COCCOCCOCCOCCNC(=O)O[C@@H]1CC[C@@H](C[C@@H](C)[C@@H]2C[C@@H](O)[C@H](C)/C=C(\C)[C@@H](O)[C@@H](O)C(=O)[C@H](C)C[C@H](C)/C=C/C=C/C=C(\C)[C@@H](OC)C[C@@H]3CC[C@@H](C)[C@@](O)(O3)C(=O)C(=O)N3CCCC[C@H]3C(=O)O2)C[C@H]1OC. The maximum atomic E-state index is 14.6. The van der Waals surface area contributed by atoms with Gasteiger partial charge in [-0.3, -0.25) is 14.4 Å². The number of fused-ring (bicyclic) bond motifs is 3. The number of nitrogens with zero attached hydrogens (tertiary/aromatic N) is 1. The van der Waals surface area contributed by atoms with Crippen LogP contribution >= 0.6 is 0 Å². The van der Waals surface area contributed by atoms with Crippen molar-refractivity contribution in [2.24, 2.45) is 35.5 Å². The number of aliphatic hydroxyl groups is 4. The summed E-state index contributed by atoms with van der Waals surface area (Å²) in [7, 11) is 4.73. The number of amides is 2. The molecule has 456 valence electrons. The molecule has 4 rings (SSSR count). The molecule has 2 bridgehead atoms. The van der Waals surface area contributed by atoms with Gasteiger partial charge in [-0.2, -0.15) is 0 Å². The van der Waals surface area contributed by atoms with Crippen molar-refractivity contribution < 1.29 is 87.0 Å². The molecule has 2 saturated heterocycles. The highest BCUT2D eigenvalue weighted by atomic mass is 16.6. The zero-order chi connectivity index (χ0) is 58.9. The summed E-state index contributed by atoms with van der Waals surface area (Å²) < 4.78 is 51.4. The Morgan fingerprint density at radius 2 is 1.46 bits per heavy atom. The summed E-state index contributed by atoms with van der Waals surface area (Å²) in [5, 5.41) is 49.1. The number of cyclic esters (lactones) is 1. The van der Waals surface area contributed by atoms with Crippen molar-refractivity contribution in [2.75, 3.05) is 80.7 Å². The van der Waals surface area contributed by atoms with E-state index in [9.17, 15) is 44.4 Å². The fourth-order valence-electron chi connectivity index (χ4n) is 11.2. The number of ether oxygens (including phenoxy) is 9. The van der Waals surface area contributed by atoms with Gasteiger partial charge in [-0.1, -0.05) is 71.1 Å². The highest BCUT2D eigenvalue weighted by Gasteiger charge is 2.53.